The van der Waals surface area contributed by atoms with Gasteiger partial charge in [-0.15, -0.1) is 0 Å². The van der Waals surface area contributed by atoms with Crippen LogP contribution in [0.5, 0.6) is 0 Å². The van der Waals surface area contributed by atoms with E-state index in [4.69, 9.17) is 0 Å². The zero-order valence-electron chi connectivity index (χ0n) is 8.93. The molecule has 1 aromatic heterocycles. The van der Waals surface area contributed by atoms with Crippen molar-refractivity contribution < 1.29 is 4.92 Å². The first kappa shape index (κ1) is 11.4. The first-order valence-electron chi connectivity index (χ1n) is 4.93. The van der Waals surface area contributed by atoms with Gasteiger partial charge in [0.15, 0.2) is 0 Å². The number of hydrogen-bond donors (Lipinski definition) is 1. The molecule has 0 amide bonds. The van der Waals surface area contributed by atoms with Gasteiger partial charge in [-0.3, -0.25) is 15.1 Å². The van der Waals surface area contributed by atoms with Gasteiger partial charge < -0.3 is 5.32 Å². The van der Waals surface area contributed by atoms with E-state index in [1.807, 2.05) is 0 Å². The van der Waals surface area contributed by atoms with Crippen molar-refractivity contribution in [2.24, 2.45) is 5.92 Å². The summed E-state index contributed by atoms with van der Waals surface area (Å²) in [6, 6.07) is 1.40. The van der Waals surface area contributed by atoms with E-state index in [9.17, 15) is 10.1 Å². The fourth-order valence-corrected chi connectivity index (χ4v) is 1.18. The molecule has 0 atom stereocenters. The molecule has 0 saturated carbocycles. The van der Waals surface area contributed by atoms with Crippen molar-refractivity contribution in [3.8, 4) is 0 Å². The number of hydrogen-bond acceptors (Lipinski definition) is 4. The van der Waals surface area contributed by atoms with Gasteiger partial charge in [0, 0.05) is 18.8 Å². The zero-order chi connectivity index (χ0) is 11.3. The van der Waals surface area contributed by atoms with Crippen LogP contribution >= 0.6 is 0 Å². The Hall–Kier alpha value is -1.65. The third-order valence-corrected chi connectivity index (χ3v) is 2.03. The van der Waals surface area contributed by atoms with Crippen LogP contribution in [0.2, 0.25) is 0 Å². The van der Waals surface area contributed by atoms with Crippen molar-refractivity contribution in [3.05, 3.63) is 28.6 Å². The van der Waals surface area contributed by atoms with Crippen LogP contribution in [0.1, 0.15) is 20.3 Å². The van der Waals surface area contributed by atoms with E-state index in [2.05, 4.69) is 24.1 Å². The largest absolute Gasteiger partial charge is 0.378 e. The van der Waals surface area contributed by atoms with E-state index >= 15 is 0 Å². The predicted molar refractivity (Wildman–Crippen MR) is 58.8 cm³/mol. The quantitative estimate of drug-likeness (QED) is 0.597. The average molecular weight is 209 g/mol. The van der Waals surface area contributed by atoms with Crippen LogP contribution in [0.25, 0.3) is 0 Å². The highest BCUT2D eigenvalue weighted by Crippen LogP contribution is 2.21. The topological polar surface area (TPSA) is 68.1 Å². The van der Waals surface area contributed by atoms with Crippen molar-refractivity contribution in [2.45, 2.75) is 20.3 Å². The Kier molecular flexibility index (Phi) is 4.03. The predicted octanol–water partition coefficient (Wildman–Crippen LogP) is 2.45. The summed E-state index contributed by atoms with van der Waals surface area (Å²) in [5.41, 5.74) is 0.567. The summed E-state index contributed by atoms with van der Waals surface area (Å²) in [5.74, 6) is 0.577. The Morgan fingerprint density at radius 3 is 2.93 bits per heavy atom. The molecule has 82 valence electrons. The van der Waals surface area contributed by atoms with Crippen molar-refractivity contribution >= 4 is 11.4 Å². The second-order valence-corrected chi connectivity index (χ2v) is 3.76. The van der Waals surface area contributed by atoms with Gasteiger partial charge in [0.05, 0.1) is 11.1 Å². The summed E-state index contributed by atoms with van der Waals surface area (Å²) in [6.07, 6.45) is 3.89. The molecule has 0 aliphatic heterocycles. The number of nitro groups is 1. The van der Waals surface area contributed by atoms with Gasteiger partial charge in [-0.05, 0) is 12.3 Å². The van der Waals surface area contributed by atoms with Crippen LogP contribution < -0.4 is 5.32 Å². The Morgan fingerprint density at radius 2 is 2.33 bits per heavy atom. The van der Waals surface area contributed by atoms with Crippen molar-refractivity contribution in [1.82, 2.24) is 4.98 Å². The summed E-state index contributed by atoms with van der Waals surface area (Å²) in [4.78, 5) is 14.1. The third kappa shape index (κ3) is 3.53. The number of anilines is 1. The molecule has 5 heteroatoms. The lowest BCUT2D eigenvalue weighted by molar-refractivity contribution is -0.384. The highest BCUT2D eigenvalue weighted by Gasteiger charge is 2.11. The maximum absolute atomic E-state index is 10.7. The standard InChI is InChI=1S/C10H15N3O2/c1-8(2)3-6-12-9-7-11-5-4-10(9)13(14)15/h4-5,7-8,12H,3,6H2,1-2H3. The zero-order valence-corrected chi connectivity index (χ0v) is 8.93. The second-order valence-electron chi connectivity index (χ2n) is 3.76. The molecule has 0 bridgehead atoms. The SMILES string of the molecule is CC(C)CCNc1cnccc1[N+](=O)[O-]. The lowest BCUT2D eigenvalue weighted by Crippen LogP contribution is -2.06. The third-order valence-electron chi connectivity index (χ3n) is 2.03. The Bertz CT molecular complexity index is 339. The number of nitrogens with one attached hydrogen (secondary N) is 1. The van der Waals surface area contributed by atoms with Crippen LogP contribution in [-0.2, 0) is 0 Å². The molecule has 1 rings (SSSR count). The minimum Gasteiger partial charge on any atom is -0.378 e. The van der Waals surface area contributed by atoms with E-state index in [0.717, 1.165) is 13.0 Å². The van der Waals surface area contributed by atoms with E-state index in [1.54, 1.807) is 0 Å². The van der Waals surface area contributed by atoms with E-state index in [1.165, 1.54) is 18.5 Å². The number of pyridine rings is 1. The lowest BCUT2D eigenvalue weighted by Gasteiger charge is -2.07. The average Bonchev–Trinajstić information content (AvgIpc) is 2.17. The van der Waals surface area contributed by atoms with Crippen LogP contribution in [0.3, 0.4) is 0 Å². The fraction of sp³-hybridized carbons (Fsp3) is 0.500. The normalized spacial score (nSPS) is 10.3. The molecule has 0 saturated heterocycles. The van der Waals surface area contributed by atoms with Gasteiger partial charge in [0.1, 0.15) is 5.69 Å². The van der Waals surface area contributed by atoms with E-state index in [0.29, 0.717) is 11.6 Å². The van der Waals surface area contributed by atoms with Crippen molar-refractivity contribution in [1.29, 1.82) is 0 Å². The molecule has 0 aromatic carbocycles. The van der Waals surface area contributed by atoms with Gasteiger partial charge >= 0.3 is 0 Å². The second kappa shape index (κ2) is 5.29. The minimum absolute atomic E-state index is 0.0776. The molecule has 15 heavy (non-hydrogen) atoms. The van der Waals surface area contributed by atoms with Crippen LogP contribution in [0, 0.1) is 16.0 Å². The summed E-state index contributed by atoms with van der Waals surface area (Å²) >= 11 is 0. The molecule has 0 unspecified atom stereocenters. The van der Waals surface area contributed by atoms with Crippen LogP contribution in [-0.4, -0.2) is 16.5 Å². The van der Waals surface area contributed by atoms with Crippen molar-refractivity contribution in [3.63, 3.8) is 0 Å². The molecular formula is C10H15N3O2. The molecule has 1 heterocycles. The van der Waals surface area contributed by atoms with Crippen molar-refractivity contribution in [2.75, 3.05) is 11.9 Å². The Labute approximate surface area is 88.7 Å². The van der Waals surface area contributed by atoms with Gasteiger partial charge in [-0.2, -0.15) is 0 Å². The first-order chi connectivity index (χ1) is 7.11. The molecule has 0 aliphatic carbocycles. The summed E-state index contributed by atoms with van der Waals surface area (Å²) in [5, 5.41) is 13.7. The van der Waals surface area contributed by atoms with Gasteiger partial charge in [0.25, 0.3) is 5.69 Å². The molecule has 5 nitrogen and oxygen atoms in total. The summed E-state index contributed by atoms with van der Waals surface area (Å²) in [6.45, 7) is 4.95. The molecule has 0 aliphatic rings. The molecular weight excluding hydrogens is 194 g/mol. The maximum atomic E-state index is 10.7. The maximum Gasteiger partial charge on any atom is 0.295 e. The monoisotopic (exact) mass is 209 g/mol. The highest BCUT2D eigenvalue weighted by atomic mass is 16.6. The molecule has 0 spiro atoms. The van der Waals surface area contributed by atoms with Crippen LogP contribution in [0.15, 0.2) is 18.5 Å². The van der Waals surface area contributed by atoms with Gasteiger partial charge in [-0.1, -0.05) is 13.8 Å². The van der Waals surface area contributed by atoms with E-state index in [-0.39, 0.29) is 5.69 Å². The fourth-order valence-electron chi connectivity index (χ4n) is 1.18. The van der Waals surface area contributed by atoms with E-state index < -0.39 is 4.92 Å². The van der Waals surface area contributed by atoms with Gasteiger partial charge in [0.2, 0.25) is 0 Å². The molecule has 0 fully saturated rings. The first-order valence-corrected chi connectivity index (χ1v) is 4.93. The van der Waals surface area contributed by atoms with Crippen LogP contribution in [0.4, 0.5) is 11.4 Å². The Morgan fingerprint density at radius 1 is 1.60 bits per heavy atom. The number of aromatic nitrogens is 1. The lowest BCUT2D eigenvalue weighted by atomic mass is 10.1. The highest BCUT2D eigenvalue weighted by molar-refractivity contribution is 5.59. The molecule has 1 N–H and O–H groups in total. The van der Waals surface area contributed by atoms with Gasteiger partial charge in [-0.25, -0.2) is 0 Å². The minimum atomic E-state index is -0.403. The number of rotatable bonds is 5. The Balaban J connectivity index is 2.63. The smallest absolute Gasteiger partial charge is 0.295 e. The summed E-state index contributed by atoms with van der Waals surface area (Å²) in [7, 11) is 0. The number of nitrogens with zero attached hydrogens (tertiary/aromatic N) is 2. The summed E-state index contributed by atoms with van der Waals surface area (Å²) < 4.78 is 0. The molecule has 0 radical (unpaired) electrons. The molecule has 1 aromatic rings.